The highest BCUT2D eigenvalue weighted by Crippen LogP contribution is 2.21. The molecule has 0 bridgehead atoms. The van der Waals surface area contributed by atoms with Crippen LogP contribution in [0.5, 0.6) is 5.75 Å². The van der Waals surface area contributed by atoms with Crippen molar-refractivity contribution in [1.29, 1.82) is 0 Å². The number of carbonyl (C=O) groups is 1. The third-order valence-corrected chi connectivity index (χ3v) is 3.72. The zero-order valence-corrected chi connectivity index (χ0v) is 14.0. The molecule has 1 saturated heterocycles. The molecule has 1 aliphatic heterocycles. The molecule has 0 radical (unpaired) electrons. The van der Waals surface area contributed by atoms with Crippen molar-refractivity contribution in [1.82, 2.24) is 4.90 Å². The van der Waals surface area contributed by atoms with Gasteiger partial charge in [-0.1, -0.05) is 0 Å². The third kappa shape index (κ3) is 5.83. The van der Waals surface area contributed by atoms with Crippen LogP contribution in [0.4, 0.5) is 5.69 Å². The van der Waals surface area contributed by atoms with Crippen molar-refractivity contribution in [2.75, 3.05) is 25.0 Å². The van der Waals surface area contributed by atoms with Gasteiger partial charge in [-0.3, -0.25) is 4.79 Å². The summed E-state index contributed by atoms with van der Waals surface area (Å²) >= 11 is 0. The second kappa shape index (κ2) is 7.81. The van der Waals surface area contributed by atoms with Crippen LogP contribution >= 0.6 is 12.4 Å². The Hall–Kier alpha value is -1.30. The molecule has 1 aromatic rings. The number of rotatable bonds is 4. The number of carbonyl (C=O) groups excluding carboxylic acids is 1. The van der Waals surface area contributed by atoms with Crippen molar-refractivity contribution in [3.63, 3.8) is 0 Å². The molecule has 0 aliphatic carbocycles. The number of halogens is 1. The molecule has 2 rings (SSSR count). The highest BCUT2D eigenvalue weighted by Gasteiger charge is 2.27. The summed E-state index contributed by atoms with van der Waals surface area (Å²) in [6, 6.07) is 6.56. The monoisotopic (exact) mass is 327 g/mol. The number of nitrogens with one attached hydrogen (secondary N) is 1. The molecular formula is C16H26ClN3O2. The van der Waals surface area contributed by atoms with Crippen molar-refractivity contribution >= 4 is 24.0 Å². The van der Waals surface area contributed by atoms with Crippen molar-refractivity contribution in [3.8, 4) is 5.75 Å². The fourth-order valence-corrected chi connectivity index (χ4v) is 2.72. The van der Waals surface area contributed by atoms with Crippen LogP contribution in [0.15, 0.2) is 24.3 Å². The fraction of sp³-hybridized carbons (Fsp3) is 0.562. The van der Waals surface area contributed by atoms with Crippen LogP contribution in [0.25, 0.3) is 0 Å². The molecule has 6 heteroatoms. The van der Waals surface area contributed by atoms with E-state index in [1.807, 2.05) is 13.8 Å². The fourth-order valence-electron chi connectivity index (χ4n) is 2.72. The third-order valence-electron chi connectivity index (χ3n) is 3.72. The quantitative estimate of drug-likeness (QED) is 0.741. The molecule has 4 N–H and O–H groups in total. The average molecular weight is 328 g/mol. The number of hydrogen-bond acceptors (Lipinski definition) is 4. The summed E-state index contributed by atoms with van der Waals surface area (Å²) < 4.78 is 0. The van der Waals surface area contributed by atoms with Gasteiger partial charge in [-0.05, 0) is 64.0 Å². The van der Waals surface area contributed by atoms with E-state index in [9.17, 15) is 9.90 Å². The van der Waals surface area contributed by atoms with Gasteiger partial charge in [0.05, 0.1) is 0 Å². The first-order valence-corrected chi connectivity index (χ1v) is 7.45. The lowest BCUT2D eigenvalue weighted by molar-refractivity contribution is -0.121. The summed E-state index contributed by atoms with van der Waals surface area (Å²) in [5, 5.41) is 12.1. The number of nitrogens with zero attached hydrogens (tertiary/aromatic N) is 1. The number of piperidine rings is 1. The number of nitrogens with two attached hydrogens (primary N) is 1. The minimum Gasteiger partial charge on any atom is -0.508 e. The molecule has 0 aromatic heterocycles. The Morgan fingerprint density at radius 1 is 1.32 bits per heavy atom. The normalized spacial score (nSPS) is 16.9. The Balaban J connectivity index is 0.00000242. The van der Waals surface area contributed by atoms with Gasteiger partial charge in [0.25, 0.3) is 0 Å². The summed E-state index contributed by atoms with van der Waals surface area (Å²) in [5.41, 5.74) is 6.57. The van der Waals surface area contributed by atoms with Crippen LogP contribution in [-0.2, 0) is 4.79 Å². The zero-order valence-electron chi connectivity index (χ0n) is 13.2. The zero-order chi connectivity index (χ0) is 15.5. The molecule has 0 saturated carbocycles. The number of amides is 1. The lowest BCUT2D eigenvalue weighted by Crippen LogP contribution is -2.48. The molecule has 124 valence electrons. The van der Waals surface area contributed by atoms with Crippen molar-refractivity contribution < 1.29 is 9.90 Å². The minimum absolute atomic E-state index is 0. The number of aromatic hydroxyl groups is 1. The van der Waals surface area contributed by atoms with E-state index in [0.717, 1.165) is 38.2 Å². The molecule has 5 nitrogen and oxygen atoms in total. The van der Waals surface area contributed by atoms with Gasteiger partial charge in [0.2, 0.25) is 5.91 Å². The highest BCUT2D eigenvalue weighted by molar-refractivity contribution is 5.92. The first-order valence-electron chi connectivity index (χ1n) is 7.45. The molecule has 22 heavy (non-hydrogen) atoms. The molecule has 1 aromatic carbocycles. The second-order valence-corrected chi connectivity index (χ2v) is 6.58. The van der Waals surface area contributed by atoms with E-state index in [2.05, 4.69) is 10.2 Å². The lowest BCUT2D eigenvalue weighted by Gasteiger charge is -2.35. The van der Waals surface area contributed by atoms with Crippen LogP contribution in [0.3, 0.4) is 0 Å². The second-order valence-electron chi connectivity index (χ2n) is 6.58. The maximum absolute atomic E-state index is 12.2. The van der Waals surface area contributed by atoms with Crippen molar-refractivity contribution in [3.05, 3.63) is 24.3 Å². The summed E-state index contributed by atoms with van der Waals surface area (Å²) in [6.45, 7) is 6.73. The highest BCUT2D eigenvalue weighted by atomic mass is 35.5. The number of likely N-dealkylation sites (tertiary alicyclic amines) is 1. The number of hydrogen-bond donors (Lipinski definition) is 3. The van der Waals surface area contributed by atoms with Crippen molar-refractivity contribution in [2.24, 2.45) is 11.7 Å². The van der Waals surface area contributed by atoms with Gasteiger partial charge in [-0.2, -0.15) is 0 Å². The van der Waals surface area contributed by atoms with E-state index in [1.54, 1.807) is 24.3 Å². The van der Waals surface area contributed by atoms with E-state index < -0.39 is 0 Å². The maximum Gasteiger partial charge on any atom is 0.227 e. The van der Waals surface area contributed by atoms with Gasteiger partial charge >= 0.3 is 0 Å². The Kier molecular flexibility index (Phi) is 6.66. The van der Waals surface area contributed by atoms with Crippen LogP contribution in [0.1, 0.15) is 26.7 Å². The van der Waals surface area contributed by atoms with Gasteiger partial charge < -0.3 is 21.1 Å². The molecule has 1 heterocycles. The van der Waals surface area contributed by atoms with E-state index in [-0.39, 0.29) is 35.5 Å². The Bertz CT molecular complexity index is 477. The lowest BCUT2D eigenvalue weighted by atomic mass is 9.94. The Labute approximate surface area is 138 Å². The van der Waals surface area contributed by atoms with E-state index in [1.165, 1.54) is 0 Å². The number of anilines is 1. The standard InChI is InChI=1S/C16H25N3O2.ClH/c1-16(2,17)11-19-9-7-12(8-10-19)15(21)18-13-3-5-14(20)6-4-13;/h3-6,12,20H,7-11,17H2,1-2H3,(H,18,21);1H. The predicted octanol–water partition coefficient (Wildman–Crippen LogP) is 2.20. The van der Waals surface area contributed by atoms with Crippen LogP contribution in [0, 0.1) is 5.92 Å². The number of benzene rings is 1. The summed E-state index contributed by atoms with van der Waals surface area (Å²) in [7, 11) is 0. The Morgan fingerprint density at radius 2 is 1.86 bits per heavy atom. The first kappa shape index (κ1) is 18.7. The molecule has 0 atom stereocenters. The van der Waals surface area contributed by atoms with Gasteiger partial charge in [0.1, 0.15) is 5.75 Å². The topological polar surface area (TPSA) is 78.6 Å². The smallest absolute Gasteiger partial charge is 0.227 e. The average Bonchev–Trinajstić information content (AvgIpc) is 2.40. The van der Waals surface area contributed by atoms with E-state index >= 15 is 0 Å². The van der Waals surface area contributed by atoms with Gasteiger partial charge in [-0.25, -0.2) is 0 Å². The molecule has 0 unspecified atom stereocenters. The van der Waals surface area contributed by atoms with Gasteiger partial charge in [0, 0.05) is 23.7 Å². The molecule has 1 fully saturated rings. The minimum atomic E-state index is -0.193. The van der Waals surface area contributed by atoms with E-state index in [4.69, 9.17) is 5.73 Å². The van der Waals surface area contributed by atoms with E-state index in [0.29, 0.717) is 0 Å². The summed E-state index contributed by atoms with van der Waals surface area (Å²) in [4.78, 5) is 14.6. The predicted molar refractivity (Wildman–Crippen MR) is 91.4 cm³/mol. The van der Waals surface area contributed by atoms with Crippen LogP contribution in [-0.4, -0.2) is 41.1 Å². The van der Waals surface area contributed by atoms with Crippen LogP contribution < -0.4 is 11.1 Å². The SMILES string of the molecule is CC(C)(N)CN1CCC(C(=O)Nc2ccc(O)cc2)CC1.Cl. The maximum atomic E-state index is 12.2. The molecular weight excluding hydrogens is 302 g/mol. The Morgan fingerprint density at radius 3 is 2.36 bits per heavy atom. The number of phenolic OH excluding ortho intramolecular Hbond substituents is 1. The molecule has 1 amide bonds. The van der Waals surface area contributed by atoms with Gasteiger partial charge in [-0.15, -0.1) is 12.4 Å². The summed E-state index contributed by atoms with van der Waals surface area (Å²) in [6.07, 6.45) is 1.72. The molecule has 1 aliphatic rings. The van der Waals surface area contributed by atoms with Crippen LogP contribution in [0.2, 0.25) is 0 Å². The molecule has 0 spiro atoms. The first-order chi connectivity index (χ1) is 9.83. The summed E-state index contributed by atoms with van der Waals surface area (Å²) in [5.74, 6) is 0.314. The largest absolute Gasteiger partial charge is 0.508 e. The van der Waals surface area contributed by atoms with Gasteiger partial charge in [0.15, 0.2) is 0 Å². The van der Waals surface area contributed by atoms with Crippen molar-refractivity contribution in [2.45, 2.75) is 32.2 Å². The number of phenols is 1.